The van der Waals surface area contributed by atoms with Crippen LogP contribution in [-0.4, -0.2) is 63.6 Å². The van der Waals surface area contributed by atoms with E-state index in [0.29, 0.717) is 17.1 Å². The molecule has 0 bridgehead atoms. The molecule has 196 valence electrons. The predicted molar refractivity (Wildman–Crippen MR) is 136 cm³/mol. The van der Waals surface area contributed by atoms with Crippen molar-refractivity contribution in [3.05, 3.63) is 90.5 Å². The van der Waals surface area contributed by atoms with Gasteiger partial charge in [-0.25, -0.2) is 13.2 Å². The van der Waals surface area contributed by atoms with Crippen LogP contribution in [0.2, 0.25) is 0 Å². The number of benzene rings is 3. The fourth-order valence-electron chi connectivity index (χ4n) is 4.40. The van der Waals surface area contributed by atoms with E-state index in [4.69, 9.17) is 15.2 Å². The van der Waals surface area contributed by atoms with Crippen LogP contribution in [0.15, 0.2) is 89.8 Å². The van der Waals surface area contributed by atoms with E-state index in [1.165, 1.54) is 28.6 Å². The van der Waals surface area contributed by atoms with Crippen molar-refractivity contribution in [2.24, 2.45) is 5.73 Å². The summed E-state index contributed by atoms with van der Waals surface area (Å²) < 4.78 is 64.6. The number of piperazine rings is 1. The summed E-state index contributed by atoms with van der Waals surface area (Å²) in [4.78, 5) is 11.9. The number of nitrogens with two attached hydrogens (primary N) is 1. The number of nitrogens with zero attached hydrogens (tertiary/aromatic N) is 2. The lowest BCUT2D eigenvalue weighted by molar-refractivity contribution is -0.867. The standard InChI is InChI=1S/C25H27N3O7S2/c1-36(30,31)27-16-18-28(19-17-27,24(35-25(26)29)20-8-4-2-5-9-20)37(32,33)23-14-12-22(13-15-23)34-21-10-6-3-7-11-21/h2-15,24H,16-19H2,1H3,(H-,26,29)/p+1. The lowest BCUT2D eigenvalue weighted by Crippen LogP contribution is -2.64. The molecule has 1 unspecified atom stereocenters. The van der Waals surface area contributed by atoms with Gasteiger partial charge in [-0.2, -0.15) is 16.6 Å². The molecule has 4 rings (SSSR count). The molecule has 1 fully saturated rings. The molecule has 2 N–H and O–H groups in total. The van der Waals surface area contributed by atoms with Crippen molar-refractivity contribution in [2.45, 2.75) is 11.1 Å². The Labute approximate surface area is 216 Å². The summed E-state index contributed by atoms with van der Waals surface area (Å²) in [7, 11) is -7.80. The molecular weight excluding hydrogens is 518 g/mol. The number of ether oxygens (including phenoxy) is 2. The number of para-hydroxylation sites is 1. The second-order valence-electron chi connectivity index (χ2n) is 8.62. The molecule has 1 saturated heterocycles. The Morgan fingerprint density at radius 3 is 1.86 bits per heavy atom. The van der Waals surface area contributed by atoms with Crippen LogP contribution in [0.5, 0.6) is 11.5 Å². The number of hydrogen-bond acceptors (Lipinski definition) is 7. The first-order chi connectivity index (χ1) is 17.5. The van der Waals surface area contributed by atoms with Gasteiger partial charge in [0.15, 0.2) is 0 Å². The van der Waals surface area contributed by atoms with Gasteiger partial charge < -0.3 is 15.2 Å². The van der Waals surface area contributed by atoms with Gasteiger partial charge in [-0.15, -0.1) is 0 Å². The number of primary amides is 1. The Hall–Kier alpha value is -3.45. The molecule has 0 aromatic heterocycles. The molecule has 0 radical (unpaired) electrons. The maximum Gasteiger partial charge on any atom is 0.409 e. The van der Waals surface area contributed by atoms with E-state index in [-0.39, 0.29) is 31.1 Å². The average Bonchev–Trinajstić information content (AvgIpc) is 2.88. The van der Waals surface area contributed by atoms with Gasteiger partial charge in [0, 0.05) is 0 Å². The van der Waals surface area contributed by atoms with Gasteiger partial charge >= 0.3 is 16.1 Å². The molecule has 1 aliphatic rings. The van der Waals surface area contributed by atoms with Crippen LogP contribution in [0.4, 0.5) is 4.79 Å². The number of amides is 1. The molecule has 1 aliphatic heterocycles. The van der Waals surface area contributed by atoms with Gasteiger partial charge in [-0.3, -0.25) is 0 Å². The highest BCUT2D eigenvalue weighted by atomic mass is 32.2. The largest absolute Gasteiger partial charge is 0.457 e. The SMILES string of the molecule is CS(=O)(=O)N1CC[N+](C(OC(N)=O)c2ccccc2)(S(=O)(=O)c2ccc(Oc3ccccc3)cc2)CC1. The Bertz CT molecular complexity index is 1440. The maximum atomic E-state index is 14.3. The van der Waals surface area contributed by atoms with Gasteiger partial charge in [0.2, 0.25) is 10.0 Å². The molecule has 3 aromatic carbocycles. The summed E-state index contributed by atoms with van der Waals surface area (Å²) in [5, 5.41) is 0. The molecule has 1 heterocycles. The quantitative estimate of drug-likeness (QED) is 0.429. The Morgan fingerprint density at radius 1 is 0.838 bits per heavy atom. The van der Waals surface area contributed by atoms with Crippen molar-refractivity contribution in [3.8, 4) is 11.5 Å². The third-order valence-corrected chi connectivity index (χ3v) is 9.93. The zero-order valence-electron chi connectivity index (χ0n) is 20.1. The average molecular weight is 547 g/mol. The fraction of sp³-hybridized carbons (Fsp3) is 0.240. The number of hydrogen-bond donors (Lipinski definition) is 1. The van der Waals surface area contributed by atoms with Crippen LogP contribution >= 0.6 is 0 Å². The van der Waals surface area contributed by atoms with Crippen molar-refractivity contribution in [1.82, 2.24) is 4.31 Å². The van der Waals surface area contributed by atoms with E-state index in [2.05, 4.69) is 0 Å². The number of quaternary nitrogens is 1. The number of carbonyl (C=O) groups is 1. The third-order valence-electron chi connectivity index (χ3n) is 6.24. The Morgan fingerprint density at radius 2 is 1.35 bits per heavy atom. The van der Waals surface area contributed by atoms with Crippen LogP contribution in [-0.2, 0) is 24.8 Å². The van der Waals surface area contributed by atoms with Gasteiger partial charge in [0.25, 0.3) is 6.23 Å². The molecule has 1 atom stereocenters. The van der Waals surface area contributed by atoms with Crippen LogP contribution in [0.1, 0.15) is 11.8 Å². The molecule has 0 spiro atoms. The first-order valence-electron chi connectivity index (χ1n) is 11.4. The number of carbonyl (C=O) groups excluding carboxylic acids is 1. The summed E-state index contributed by atoms with van der Waals surface area (Å²) >= 11 is 0. The van der Waals surface area contributed by atoms with Gasteiger partial charge in [0.1, 0.15) is 29.5 Å². The van der Waals surface area contributed by atoms with Crippen LogP contribution < -0.4 is 10.5 Å². The summed E-state index contributed by atoms with van der Waals surface area (Å²) in [6, 6.07) is 23.4. The van der Waals surface area contributed by atoms with Crippen LogP contribution in [0.3, 0.4) is 0 Å². The number of rotatable bonds is 8. The highest BCUT2D eigenvalue weighted by Gasteiger charge is 2.54. The molecule has 10 nitrogen and oxygen atoms in total. The van der Waals surface area contributed by atoms with Crippen molar-refractivity contribution >= 4 is 26.1 Å². The Balaban J connectivity index is 1.77. The van der Waals surface area contributed by atoms with Gasteiger partial charge in [-0.05, 0) is 48.5 Å². The van der Waals surface area contributed by atoms with E-state index >= 15 is 0 Å². The molecular formula is C25H28N3O7S2+. The molecule has 0 aliphatic carbocycles. The highest BCUT2D eigenvalue weighted by molar-refractivity contribution is 7.88. The minimum Gasteiger partial charge on any atom is -0.457 e. The first kappa shape index (κ1) is 26.6. The topological polar surface area (TPSA) is 133 Å². The number of sulfonamides is 2. The van der Waals surface area contributed by atoms with Crippen LogP contribution in [0.25, 0.3) is 0 Å². The van der Waals surface area contributed by atoms with Crippen LogP contribution in [0, 0.1) is 0 Å². The van der Waals surface area contributed by atoms with Gasteiger partial charge in [0.05, 0.1) is 24.9 Å². The normalized spacial score (nSPS) is 17.0. The predicted octanol–water partition coefficient (Wildman–Crippen LogP) is 3.05. The van der Waals surface area contributed by atoms with Crippen molar-refractivity contribution in [1.29, 1.82) is 0 Å². The summed E-state index contributed by atoms with van der Waals surface area (Å²) in [6.45, 7) is -0.494. The first-order valence-corrected chi connectivity index (χ1v) is 14.7. The smallest absolute Gasteiger partial charge is 0.409 e. The highest BCUT2D eigenvalue weighted by Crippen LogP contribution is 2.39. The molecule has 0 saturated carbocycles. The van der Waals surface area contributed by atoms with E-state index < -0.39 is 36.3 Å². The molecule has 37 heavy (non-hydrogen) atoms. The van der Waals surface area contributed by atoms with E-state index in [9.17, 15) is 21.6 Å². The monoisotopic (exact) mass is 546 g/mol. The second-order valence-corrected chi connectivity index (χ2v) is 12.8. The van der Waals surface area contributed by atoms with E-state index in [0.717, 1.165) is 6.26 Å². The van der Waals surface area contributed by atoms with E-state index in [1.54, 1.807) is 42.5 Å². The fourth-order valence-corrected chi connectivity index (χ4v) is 7.18. The van der Waals surface area contributed by atoms with Gasteiger partial charge in [-0.1, -0.05) is 36.4 Å². The minimum absolute atomic E-state index is 0.0327. The summed E-state index contributed by atoms with van der Waals surface area (Å²) in [6.07, 6.45) is -1.38. The maximum absolute atomic E-state index is 14.3. The molecule has 3 aromatic rings. The minimum atomic E-state index is -4.25. The Kier molecular flexibility index (Phi) is 7.55. The van der Waals surface area contributed by atoms with Crippen molar-refractivity contribution < 1.29 is 35.0 Å². The van der Waals surface area contributed by atoms with Crippen molar-refractivity contribution in [3.63, 3.8) is 0 Å². The second kappa shape index (κ2) is 10.5. The zero-order chi connectivity index (χ0) is 26.7. The van der Waals surface area contributed by atoms with Crippen molar-refractivity contribution in [2.75, 3.05) is 32.4 Å². The lowest BCUT2D eigenvalue weighted by Gasteiger charge is -2.45. The molecule has 12 heteroatoms. The summed E-state index contributed by atoms with van der Waals surface area (Å²) in [5.41, 5.74) is 5.80. The zero-order valence-corrected chi connectivity index (χ0v) is 21.8. The molecule has 1 amide bonds. The lowest BCUT2D eigenvalue weighted by atomic mass is 10.1. The summed E-state index contributed by atoms with van der Waals surface area (Å²) in [5.74, 6) is 1.03. The van der Waals surface area contributed by atoms with E-state index in [1.807, 2.05) is 18.2 Å². The third kappa shape index (κ3) is 5.62.